The van der Waals surface area contributed by atoms with Crippen LogP contribution in [0.3, 0.4) is 0 Å². The van der Waals surface area contributed by atoms with Crippen LogP contribution in [-0.4, -0.2) is 58.3 Å². The molecule has 3 heterocycles. The molecule has 1 fully saturated rings. The van der Waals surface area contributed by atoms with Crippen LogP contribution in [-0.2, 0) is 6.54 Å². The van der Waals surface area contributed by atoms with E-state index in [4.69, 9.17) is 0 Å². The lowest BCUT2D eigenvalue weighted by Gasteiger charge is -2.31. The Morgan fingerprint density at radius 3 is 2.53 bits per heavy atom. The summed E-state index contributed by atoms with van der Waals surface area (Å²) in [7, 11) is 2.06. The van der Waals surface area contributed by atoms with Crippen molar-refractivity contribution in [3.63, 3.8) is 0 Å². The average Bonchev–Trinajstić information content (AvgIpc) is 3.28. The second kappa shape index (κ2) is 8.33. The van der Waals surface area contributed by atoms with E-state index in [1.54, 1.807) is 6.20 Å². The maximum atomic E-state index is 13.1. The number of pyridine rings is 1. The van der Waals surface area contributed by atoms with Crippen molar-refractivity contribution < 1.29 is 4.79 Å². The Balaban J connectivity index is 1.59. The molecule has 5 rings (SSSR count). The number of imidazole rings is 1. The van der Waals surface area contributed by atoms with Crippen molar-refractivity contribution in [1.29, 1.82) is 5.26 Å². The molecule has 0 radical (unpaired) electrons. The Kier molecular flexibility index (Phi) is 5.21. The van der Waals surface area contributed by atoms with Crippen LogP contribution in [0.1, 0.15) is 21.6 Å². The number of amides is 1. The van der Waals surface area contributed by atoms with Gasteiger partial charge in [-0.2, -0.15) is 5.26 Å². The van der Waals surface area contributed by atoms with Crippen LogP contribution in [0.15, 0.2) is 60.8 Å². The highest BCUT2D eigenvalue weighted by Crippen LogP contribution is 2.31. The van der Waals surface area contributed by atoms with Crippen molar-refractivity contribution in [3.8, 4) is 6.07 Å². The number of piperazine rings is 1. The first-order chi connectivity index (χ1) is 15.7. The SMILES string of the molecule is CN1CCN(C(=O)c2cn3c(n2)c(C#N)c(NCc2ccccc2)c2ccccc23)CC1. The van der Waals surface area contributed by atoms with E-state index in [9.17, 15) is 10.1 Å². The highest BCUT2D eigenvalue weighted by Gasteiger charge is 2.24. The Labute approximate surface area is 186 Å². The van der Waals surface area contributed by atoms with Crippen LogP contribution >= 0.6 is 0 Å². The third kappa shape index (κ3) is 3.55. The van der Waals surface area contributed by atoms with Crippen molar-refractivity contribution in [3.05, 3.63) is 77.6 Å². The molecular formula is C25H24N6O. The van der Waals surface area contributed by atoms with E-state index in [-0.39, 0.29) is 5.91 Å². The van der Waals surface area contributed by atoms with Gasteiger partial charge in [0.1, 0.15) is 17.3 Å². The molecule has 1 aliphatic heterocycles. The Hall–Kier alpha value is -3.89. The number of anilines is 1. The number of aromatic nitrogens is 2. The van der Waals surface area contributed by atoms with Gasteiger partial charge in [0.2, 0.25) is 0 Å². The molecule has 0 atom stereocenters. The highest BCUT2D eigenvalue weighted by atomic mass is 16.2. The first-order valence-corrected chi connectivity index (χ1v) is 10.7. The zero-order chi connectivity index (χ0) is 22.1. The van der Waals surface area contributed by atoms with Crippen LogP contribution in [0.5, 0.6) is 0 Å². The Morgan fingerprint density at radius 2 is 1.78 bits per heavy atom. The van der Waals surface area contributed by atoms with E-state index in [2.05, 4.69) is 28.3 Å². The molecule has 160 valence electrons. The lowest BCUT2D eigenvalue weighted by Crippen LogP contribution is -2.47. The van der Waals surface area contributed by atoms with E-state index in [1.807, 2.05) is 63.9 Å². The number of fused-ring (bicyclic) bond motifs is 3. The molecule has 0 spiro atoms. The van der Waals surface area contributed by atoms with Crippen LogP contribution in [0.25, 0.3) is 16.6 Å². The first kappa shape index (κ1) is 20.0. The molecule has 7 heteroatoms. The molecule has 1 aliphatic rings. The molecule has 2 aromatic heterocycles. The third-order valence-corrected chi connectivity index (χ3v) is 6.05. The average molecular weight is 425 g/mol. The summed E-state index contributed by atoms with van der Waals surface area (Å²) in [5, 5.41) is 14.4. The Bertz CT molecular complexity index is 1330. The van der Waals surface area contributed by atoms with Gasteiger partial charge < -0.3 is 15.1 Å². The highest BCUT2D eigenvalue weighted by molar-refractivity contribution is 6.00. The largest absolute Gasteiger partial charge is 0.379 e. The molecular weight excluding hydrogens is 400 g/mol. The van der Waals surface area contributed by atoms with Gasteiger partial charge >= 0.3 is 0 Å². The molecule has 0 aliphatic carbocycles. The molecule has 0 unspecified atom stereocenters. The van der Waals surface area contributed by atoms with Gasteiger partial charge in [-0.1, -0.05) is 48.5 Å². The lowest BCUT2D eigenvalue weighted by molar-refractivity contribution is 0.0659. The number of hydrogen-bond acceptors (Lipinski definition) is 5. The first-order valence-electron chi connectivity index (χ1n) is 10.7. The fourth-order valence-corrected chi connectivity index (χ4v) is 4.23. The Morgan fingerprint density at radius 1 is 1.06 bits per heavy atom. The number of carbonyl (C=O) groups excluding carboxylic acids is 1. The summed E-state index contributed by atoms with van der Waals surface area (Å²) in [6.07, 6.45) is 1.76. The molecule has 7 nitrogen and oxygen atoms in total. The summed E-state index contributed by atoms with van der Waals surface area (Å²) in [5.41, 5.74) is 4.08. The van der Waals surface area contributed by atoms with Gasteiger partial charge in [0, 0.05) is 44.3 Å². The molecule has 1 N–H and O–H groups in total. The van der Waals surface area contributed by atoms with E-state index >= 15 is 0 Å². The summed E-state index contributed by atoms with van der Waals surface area (Å²) < 4.78 is 1.87. The van der Waals surface area contributed by atoms with Gasteiger partial charge in [-0.3, -0.25) is 9.20 Å². The monoisotopic (exact) mass is 424 g/mol. The summed E-state index contributed by atoms with van der Waals surface area (Å²) in [6, 6.07) is 20.3. The molecule has 2 aromatic carbocycles. The van der Waals surface area contributed by atoms with E-state index in [0.29, 0.717) is 36.5 Å². The second-order valence-corrected chi connectivity index (χ2v) is 8.13. The minimum absolute atomic E-state index is 0.0893. The molecule has 0 bridgehead atoms. The van der Waals surface area contributed by atoms with Gasteiger partial charge in [0.05, 0.1) is 11.2 Å². The number of benzene rings is 2. The number of nitrogens with zero attached hydrogens (tertiary/aromatic N) is 5. The van der Waals surface area contributed by atoms with E-state index < -0.39 is 0 Å². The summed E-state index contributed by atoms with van der Waals surface area (Å²) in [5.74, 6) is -0.0893. The minimum atomic E-state index is -0.0893. The lowest BCUT2D eigenvalue weighted by atomic mass is 10.1. The van der Waals surface area contributed by atoms with Crippen LogP contribution in [0, 0.1) is 11.3 Å². The van der Waals surface area contributed by atoms with Crippen molar-refractivity contribution in [2.45, 2.75) is 6.54 Å². The maximum absolute atomic E-state index is 13.1. The van der Waals surface area contributed by atoms with Gasteiger partial charge in [-0.15, -0.1) is 0 Å². The van der Waals surface area contributed by atoms with E-state index in [1.165, 1.54) is 0 Å². The van der Waals surface area contributed by atoms with Crippen LogP contribution in [0.2, 0.25) is 0 Å². The molecule has 1 amide bonds. The second-order valence-electron chi connectivity index (χ2n) is 8.13. The smallest absolute Gasteiger partial charge is 0.274 e. The molecule has 0 saturated carbocycles. The number of rotatable bonds is 4. The normalized spacial score (nSPS) is 14.6. The zero-order valence-electron chi connectivity index (χ0n) is 18.0. The van der Waals surface area contributed by atoms with Crippen molar-refractivity contribution in [1.82, 2.24) is 19.2 Å². The number of para-hydroxylation sites is 1. The fourth-order valence-electron chi connectivity index (χ4n) is 4.23. The predicted octanol–water partition coefficient (Wildman–Crippen LogP) is 3.36. The predicted molar refractivity (Wildman–Crippen MR) is 125 cm³/mol. The van der Waals surface area contributed by atoms with Gasteiger partial charge in [0.15, 0.2) is 5.65 Å². The summed E-state index contributed by atoms with van der Waals surface area (Å²) in [4.78, 5) is 21.8. The van der Waals surface area contributed by atoms with Gasteiger partial charge in [0.25, 0.3) is 5.91 Å². The number of carbonyl (C=O) groups is 1. The maximum Gasteiger partial charge on any atom is 0.274 e. The van der Waals surface area contributed by atoms with E-state index in [0.717, 1.165) is 35.2 Å². The van der Waals surface area contributed by atoms with Gasteiger partial charge in [-0.05, 0) is 18.7 Å². The minimum Gasteiger partial charge on any atom is -0.379 e. The number of nitriles is 1. The van der Waals surface area contributed by atoms with Crippen LogP contribution in [0.4, 0.5) is 5.69 Å². The third-order valence-electron chi connectivity index (χ3n) is 6.05. The molecule has 4 aromatic rings. The summed E-state index contributed by atoms with van der Waals surface area (Å²) in [6.45, 7) is 3.64. The van der Waals surface area contributed by atoms with Crippen LogP contribution < -0.4 is 5.32 Å². The zero-order valence-corrected chi connectivity index (χ0v) is 18.0. The standard InChI is InChI=1S/C25H24N6O/c1-29-11-13-30(14-12-29)25(32)21-17-31-22-10-6-5-9-19(22)23(20(15-26)24(31)28-21)27-16-18-7-3-2-4-8-18/h2-10,17,27H,11-14,16H2,1H3. The fraction of sp³-hybridized carbons (Fsp3) is 0.240. The molecule has 32 heavy (non-hydrogen) atoms. The summed E-state index contributed by atoms with van der Waals surface area (Å²) >= 11 is 0. The van der Waals surface area contributed by atoms with Crippen molar-refractivity contribution in [2.24, 2.45) is 0 Å². The quantitative estimate of drug-likeness (QED) is 0.544. The molecule has 1 saturated heterocycles. The van der Waals surface area contributed by atoms with Crippen molar-refractivity contribution in [2.75, 3.05) is 38.5 Å². The van der Waals surface area contributed by atoms with Gasteiger partial charge in [-0.25, -0.2) is 4.98 Å². The topological polar surface area (TPSA) is 76.7 Å². The van der Waals surface area contributed by atoms with Crippen molar-refractivity contribution >= 4 is 28.1 Å². The number of nitrogens with one attached hydrogen (secondary N) is 1. The number of hydrogen-bond donors (Lipinski definition) is 1. The number of likely N-dealkylation sites (N-methyl/N-ethyl adjacent to an activating group) is 1.